The van der Waals surface area contributed by atoms with Gasteiger partial charge < -0.3 is 10.2 Å². The second-order valence-electron chi connectivity index (χ2n) is 4.29. The third kappa shape index (κ3) is 3.71. The molecule has 2 N–H and O–H groups in total. The van der Waals surface area contributed by atoms with Crippen LogP contribution in [0.5, 0.6) is 0 Å². The Labute approximate surface area is 120 Å². The summed E-state index contributed by atoms with van der Waals surface area (Å²) >= 11 is 0. The molecule has 0 saturated heterocycles. The van der Waals surface area contributed by atoms with Crippen molar-refractivity contribution in [3.63, 3.8) is 0 Å². The van der Waals surface area contributed by atoms with Crippen LogP contribution in [0.1, 0.15) is 19.4 Å². The number of nitrogens with zero attached hydrogens (tertiary/aromatic N) is 1. The predicted molar refractivity (Wildman–Crippen MR) is 79.4 cm³/mol. The number of hydrogen-bond donors (Lipinski definition) is 2. The summed E-state index contributed by atoms with van der Waals surface area (Å²) in [6.45, 7) is 6.66. The number of urea groups is 1. The number of rotatable bonds is 5. The van der Waals surface area contributed by atoms with Crippen LogP contribution in [0, 0.1) is 6.92 Å². The standard InChI is InChI=1S/C13H21N3O3S/c1-5-16(6-2)13(17)15-11-8-7-10(3)12(9-11)20(18,19)14-4/h7-9,14H,5-6H2,1-4H3,(H,15,17). The summed E-state index contributed by atoms with van der Waals surface area (Å²) in [7, 11) is -2.18. The molecule has 7 heteroatoms. The number of carbonyl (C=O) groups excluding carboxylic acids is 1. The lowest BCUT2D eigenvalue weighted by atomic mass is 10.2. The van der Waals surface area contributed by atoms with Gasteiger partial charge in [-0.15, -0.1) is 0 Å². The zero-order chi connectivity index (χ0) is 15.3. The van der Waals surface area contributed by atoms with Crippen LogP contribution in [0.2, 0.25) is 0 Å². The van der Waals surface area contributed by atoms with Crippen LogP contribution in [0.25, 0.3) is 0 Å². The van der Waals surface area contributed by atoms with Crippen LogP contribution < -0.4 is 10.0 Å². The minimum Gasteiger partial charge on any atom is -0.325 e. The maximum Gasteiger partial charge on any atom is 0.321 e. The first-order chi connectivity index (χ1) is 9.35. The molecule has 1 aromatic rings. The second kappa shape index (κ2) is 6.71. The lowest BCUT2D eigenvalue weighted by molar-refractivity contribution is 0.217. The Morgan fingerprint density at radius 1 is 1.25 bits per heavy atom. The molecule has 0 radical (unpaired) electrons. The average Bonchev–Trinajstić information content (AvgIpc) is 2.42. The third-order valence-electron chi connectivity index (χ3n) is 3.05. The molecule has 1 rings (SSSR count). The first-order valence-electron chi connectivity index (χ1n) is 6.45. The molecule has 2 amide bonds. The molecule has 0 heterocycles. The summed E-state index contributed by atoms with van der Waals surface area (Å²) in [6.07, 6.45) is 0. The lowest BCUT2D eigenvalue weighted by Crippen LogP contribution is -2.34. The monoisotopic (exact) mass is 299 g/mol. The molecule has 0 aromatic heterocycles. The Morgan fingerprint density at radius 3 is 2.35 bits per heavy atom. The average molecular weight is 299 g/mol. The van der Waals surface area contributed by atoms with Gasteiger partial charge >= 0.3 is 6.03 Å². The van der Waals surface area contributed by atoms with Crippen LogP contribution >= 0.6 is 0 Å². The van der Waals surface area contributed by atoms with E-state index in [1.807, 2.05) is 13.8 Å². The largest absolute Gasteiger partial charge is 0.325 e. The lowest BCUT2D eigenvalue weighted by Gasteiger charge is -2.19. The highest BCUT2D eigenvalue weighted by Crippen LogP contribution is 2.20. The molecule has 0 aliphatic rings. The molecular formula is C13H21N3O3S. The Bertz CT molecular complexity index is 581. The molecule has 0 bridgehead atoms. The van der Waals surface area contributed by atoms with E-state index in [0.717, 1.165) is 0 Å². The van der Waals surface area contributed by atoms with Crippen molar-refractivity contribution in [1.82, 2.24) is 9.62 Å². The molecule has 20 heavy (non-hydrogen) atoms. The van der Waals surface area contributed by atoms with E-state index >= 15 is 0 Å². The SMILES string of the molecule is CCN(CC)C(=O)Nc1ccc(C)c(S(=O)(=O)NC)c1. The van der Waals surface area contributed by atoms with E-state index in [1.54, 1.807) is 24.0 Å². The topological polar surface area (TPSA) is 78.5 Å². The van der Waals surface area contributed by atoms with Crippen molar-refractivity contribution in [2.75, 3.05) is 25.5 Å². The van der Waals surface area contributed by atoms with Crippen LogP contribution in [0.4, 0.5) is 10.5 Å². The van der Waals surface area contributed by atoms with Gasteiger partial charge in [-0.2, -0.15) is 0 Å². The molecule has 0 fully saturated rings. The molecule has 0 saturated carbocycles. The molecule has 0 atom stereocenters. The number of hydrogen-bond acceptors (Lipinski definition) is 3. The van der Waals surface area contributed by atoms with Crippen molar-refractivity contribution >= 4 is 21.7 Å². The summed E-state index contributed by atoms with van der Waals surface area (Å²) in [4.78, 5) is 13.7. The number of sulfonamides is 1. The Hall–Kier alpha value is -1.60. The Balaban J connectivity index is 3.05. The number of carbonyl (C=O) groups is 1. The van der Waals surface area contributed by atoms with Gasteiger partial charge in [0, 0.05) is 18.8 Å². The number of aryl methyl sites for hydroxylation is 1. The quantitative estimate of drug-likeness (QED) is 0.870. The van der Waals surface area contributed by atoms with Crippen molar-refractivity contribution in [1.29, 1.82) is 0 Å². The van der Waals surface area contributed by atoms with Gasteiger partial charge in [-0.25, -0.2) is 17.9 Å². The van der Waals surface area contributed by atoms with E-state index in [0.29, 0.717) is 24.3 Å². The van der Waals surface area contributed by atoms with Crippen LogP contribution in [0.15, 0.2) is 23.1 Å². The Kier molecular flexibility index (Phi) is 5.52. The van der Waals surface area contributed by atoms with Crippen molar-refractivity contribution in [3.05, 3.63) is 23.8 Å². The first-order valence-corrected chi connectivity index (χ1v) is 7.94. The van der Waals surface area contributed by atoms with Crippen molar-refractivity contribution in [2.24, 2.45) is 0 Å². The predicted octanol–water partition coefficient (Wildman–Crippen LogP) is 1.78. The highest BCUT2D eigenvalue weighted by atomic mass is 32.2. The van der Waals surface area contributed by atoms with E-state index in [9.17, 15) is 13.2 Å². The fraction of sp³-hybridized carbons (Fsp3) is 0.462. The molecule has 0 unspecified atom stereocenters. The van der Waals surface area contributed by atoms with Gasteiger partial charge in [-0.3, -0.25) is 0 Å². The van der Waals surface area contributed by atoms with Crippen molar-refractivity contribution < 1.29 is 13.2 Å². The van der Waals surface area contributed by atoms with Crippen LogP contribution in [-0.4, -0.2) is 39.5 Å². The molecule has 112 valence electrons. The highest BCUT2D eigenvalue weighted by Gasteiger charge is 2.16. The molecule has 0 aliphatic heterocycles. The summed E-state index contributed by atoms with van der Waals surface area (Å²) in [5.74, 6) is 0. The normalized spacial score (nSPS) is 11.2. The van der Waals surface area contributed by atoms with Crippen LogP contribution in [0.3, 0.4) is 0 Å². The van der Waals surface area contributed by atoms with E-state index in [2.05, 4.69) is 10.0 Å². The maximum atomic E-state index is 11.9. The maximum absolute atomic E-state index is 11.9. The summed E-state index contributed by atoms with van der Waals surface area (Å²) < 4.78 is 26.0. The summed E-state index contributed by atoms with van der Waals surface area (Å²) in [6, 6.07) is 4.57. The smallest absolute Gasteiger partial charge is 0.321 e. The van der Waals surface area contributed by atoms with Gasteiger partial charge in [-0.1, -0.05) is 6.07 Å². The Morgan fingerprint density at radius 2 is 1.85 bits per heavy atom. The molecule has 0 spiro atoms. The zero-order valence-corrected chi connectivity index (χ0v) is 13.0. The zero-order valence-electron chi connectivity index (χ0n) is 12.2. The first kappa shape index (κ1) is 16.5. The van der Waals surface area contributed by atoms with Crippen molar-refractivity contribution in [2.45, 2.75) is 25.7 Å². The summed E-state index contributed by atoms with van der Waals surface area (Å²) in [5, 5.41) is 2.70. The van der Waals surface area contributed by atoms with Gasteiger partial charge in [0.05, 0.1) is 4.90 Å². The molecular weight excluding hydrogens is 278 g/mol. The van der Waals surface area contributed by atoms with E-state index in [4.69, 9.17) is 0 Å². The van der Waals surface area contributed by atoms with Gasteiger partial charge in [-0.05, 0) is 45.5 Å². The fourth-order valence-electron chi connectivity index (χ4n) is 1.79. The van der Waals surface area contributed by atoms with Crippen molar-refractivity contribution in [3.8, 4) is 0 Å². The highest BCUT2D eigenvalue weighted by molar-refractivity contribution is 7.89. The van der Waals surface area contributed by atoms with E-state index in [-0.39, 0.29) is 10.9 Å². The van der Waals surface area contributed by atoms with E-state index < -0.39 is 10.0 Å². The minimum absolute atomic E-state index is 0.164. The molecule has 6 nitrogen and oxygen atoms in total. The fourth-order valence-corrected chi connectivity index (χ4v) is 2.78. The number of anilines is 1. The van der Waals surface area contributed by atoms with Crippen LogP contribution in [-0.2, 0) is 10.0 Å². The third-order valence-corrected chi connectivity index (χ3v) is 4.60. The molecule has 1 aromatic carbocycles. The van der Waals surface area contributed by atoms with Gasteiger partial charge in [0.15, 0.2) is 0 Å². The number of nitrogens with one attached hydrogen (secondary N) is 2. The van der Waals surface area contributed by atoms with Gasteiger partial charge in [0.25, 0.3) is 0 Å². The van der Waals surface area contributed by atoms with Gasteiger partial charge in [0.1, 0.15) is 0 Å². The minimum atomic E-state index is -3.53. The molecule has 0 aliphatic carbocycles. The second-order valence-corrected chi connectivity index (χ2v) is 6.15. The number of benzene rings is 1. The number of amides is 2. The van der Waals surface area contributed by atoms with E-state index in [1.165, 1.54) is 13.1 Å². The summed E-state index contributed by atoms with van der Waals surface area (Å²) in [5.41, 5.74) is 1.08. The van der Waals surface area contributed by atoms with Gasteiger partial charge in [0.2, 0.25) is 10.0 Å².